The molecule has 30 heavy (non-hydrogen) atoms. The van der Waals surface area contributed by atoms with E-state index in [9.17, 15) is 9.59 Å². The van der Waals surface area contributed by atoms with Gasteiger partial charge in [0.15, 0.2) is 0 Å². The topological polar surface area (TPSA) is 75.4 Å². The molecule has 2 aromatic carbocycles. The molecule has 2 unspecified atom stereocenters. The van der Waals surface area contributed by atoms with Gasteiger partial charge in [0.2, 0.25) is 11.8 Å². The van der Waals surface area contributed by atoms with Crippen LogP contribution < -0.4 is 11.1 Å². The number of nitrogens with two attached hydrogens (primary N) is 1. The van der Waals surface area contributed by atoms with Crippen LogP contribution in [0.1, 0.15) is 55.7 Å². The van der Waals surface area contributed by atoms with Crippen LogP contribution in [0, 0.1) is 0 Å². The molecule has 3 rings (SSSR count). The fraction of sp³-hybridized carbons (Fsp3) is 0.417. The van der Waals surface area contributed by atoms with E-state index >= 15 is 0 Å². The Morgan fingerprint density at radius 1 is 1.00 bits per heavy atom. The summed E-state index contributed by atoms with van der Waals surface area (Å²) in [7, 11) is 0. The molecule has 5 nitrogen and oxygen atoms in total. The predicted molar refractivity (Wildman–Crippen MR) is 122 cm³/mol. The monoisotopic (exact) mass is 429 g/mol. The van der Waals surface area contributed by atoms with Crippen molar-refractivity contribution in [1.82, 2.24) is 10.2 Å². The van der Waals surface area contributed by atoms with E-state index in [1.54, 1.807) is 0 Å². The van der Waals surface area contributed by atoms with Crippen LogP contribution in [0.15, 0.2) is 60.7 Å². The number of nitrogens with one attached hydrogen (secondary N) is 1. The first kappa shape index (κ1) is 23.9. The fourth-order valence-electron chi connectivity index (χ4n) is 4.01. The van der Waals surface area contributed by atoms with Crippen molar-refractivity contribution in [2.24, 2.45) is 5.73 Å². The van der Waals surface area contributed by atoms with Crippen LogP contribution in [0.5, 0.6) is 0 Å². The molecular formula is C24H32ClN3O2. The van der Waals surface area contributed by atoms with Crippen molar-refractivity contribution in [1.29, 1.82) is 0 Å². The highest BCUT2D eigenvalue weighted by molar-refractivity contribution is 5.85. The van der Waals surface area contributed by atoms with Crippen LogP contribution in [0.25, 0.3) is 0 Å². The molecule has 1 saturated heterocycles. The maximum absolute atomic E-state index is 13.0. The van der Waals surface area contributed by atoms with Gasteiger partial charge in [0, 0.05) is 31.6 Å². The largest absolute Gasteiger partial charge is 0.353 e. The lowest BCUT2D eigenvalue weighted by Crippen LogP contribution is -2.48. The van der Waals surface area contributed by atoms with Crippen LogP contribution in [-0.2, 0) is 9.59 Å². The van der Waals surface area contributed by atoms with Gasteiger partial charge in [-0.25, -0.2) is 0 Å². The van der Waals surface area contributed by atoms with Crippen LogP contribution in [0.4, 0.5) is 0 Å². The number of hydrogen-bond donors (Lipinski definition) is 2. The minimum Gasteiger partial charge on any atom is -0.353 e. The van der Waals surface area contributed by atoms with Crippen LogP contribution in [0.3, 0.4) is 0 Å². The van der Waals surface area contributed by atoms with Crippen molar-refractivity contribution in [2.75, 3.05) is 13.1 Å². The molecular weight excluding hydrogens is 398 g/mol. The van der Waals surface area contributed by atoms with E-state index in [1.807, 2.05) is 65.6 Å². The number of likely N-dealkylation sites (tertiary alicyclic amines) is 1. The molecule has 0 aliphatic carbocycles. The second kappa shape index (κ2) is 11.7. The molecule has 2 aromatic rings. The zero-order chi connectivity index (χ0) is 20.6. The minimum atomic E-state index is -0.297. The molecule has 0 aromatic heterocycles. The molecule has 2 amide bonds. The van der Waals surface area contributed by atoms with Gasteiger partial charge in [0.1, 0.15) is 0 Å². The summed E-state index contributed by atoms with van der Waals surface area (Å²) in [6, 6.07) is 19.5. The van der Waals surface area contributed by atoms with Crippen molar-refractivity contribution in [3.8, 4) is 0 Å². The Labute approximate surface area is 185 Å². The summed E-state index contributed by atoms with van der Waals surface area (Å²) in [6.07, 6.45) is 2.62. The zero-order valence-corrected chi connectivity index (χ0v) is 18.3. The Kier molecular flexibility index (Phi) is 9.34. The van der Waals surface area contributed by atoms with Crippen molar-refractivity contribution in [3.05, 3.63) is 71.8 Å². The highest BCUT2D eigenvalue weighted by Crippen LogP contribution is 2.24. The second-order valence-electron chi connectivity index (χ2n) is 7.76. The van der Waals surface area contributed by atoms with E-state index < -0.39 is 0 Å². The number of halogens is 1. The van der Waals surface area contributed by atoms with Crippen molar-refractivity contribution in [2.45, 2.75) is 50.6 Å². The van der Waals surface area contributed by atoms with Gasteiger partial charge in [-0.05, 0) is 30.4 Å². The molecule has 1 heterocycles. The molecule has 3 N–H and O–H groups in total. The van der Waals surface area contributed by atoms with E-state index in [-0.39, 0.29) is 48.6 Å². The first-order valence-corrected chi connectivity index (χ1v) is 10.5. The Balaban J connectivity index is 0.00000320. The fourth-order valence-corrected chi connectivity index (χ4v) is 4.01. The summed E-state index contributed by atoms with van der Waals surface area (Å²) in [5, 5.41) is 3.10. The summed E-state index contributed by atoms with van der Waals surface area (Å²) in [5.74, 6) is 0.0719. The van der Waals surface area contributed by atoms with E-state index in [0.717, 1.165) is 30.4 Å². The van der Waals surface area contributed by atoms with E-state index in [1.165, 1.54) is 0 Å². The number of carbonyl (C=O) groups is 2. The molecule has 0 radical (unpaired) electrons. The summed E-state index contributed by atoms with van der Waals surface area (Å²) in [5.41, 5.74) is 8.19. The minimum absolute atomic E-state index is 0. The Bertz CT molecular complexity index is 793. The maximum atomic E-state index is 13.0. The smallest absolute Gasteiger partial charge is 0.230 e. The number of piperidine rings is 1. The van der Waals surface area contributed by atoms with Gasteiger partial charge >= 0.3 is 0 Å². The SMILES string of the molecule is CCC(C(=O)N1CCC(NC(=O)CC(N)c2ccccc2)CC1)c1ccccc1.Cl. The molecule has 6 heteroatoms. The first-order valence-electron chi connectivity index (χ1n) is 10.5. The molecule has 1 aliphatic rings. The number of rotatable bonds is 7. The average Bonchev–Trinajstić information content (AvgIpc) is 2.76. The summed E-state index contributed by atoms with van der Waals surface area (Å²) in [6.45, 7) is 3.41. The predicted octanol–water partition coefficient (Wildman–Crippen LogP) is 3.80. The molecule has 0 saturated carbocycles. The molecule has 0 bridgehead atoms. The number of amides is 2. The normalized spacial score (nSPS) is 16.3. The highest BCUT2D eigenvalue weighted by Gasteiger charge is 2.29. The standard InChI is InChI=1S/C24H31N3O2.ClH/c1-2-21(18-9-5-3-6-10-18)24(29)27-15-13-20(14-16-27)26-23(28)17-22(25)19-11-7-4-8-12-19;/h3-12,20-22H,2,13-17,25H2,1H3,(H,26,28);1H. The van der Waals surface area contributed by atoms with Gasteiger partial charge in [-0.2, -0.15) is 0 Å². The lowest BCUT2D eigenvalue weighted by atomic mass is 9.93. The van der Waals surface area contributed by atoms with Gasteiger partial charge in [-0.1, -0.05) is 67.6 Å². The summed E-state index contributed by atoms with van der Waals surface area (Å²) >= 11 is 0. The molecule has 0 spiro atoms. The Hall–Kier alpha value is -2.37. The lowest BCUT2D eigenvalue weighted by Gasteiger charge is -2.34. The van der Waals surface area contributed by atoms with E-state index in [2.05, 4.69) is 12.2 Å². The highest BCUT2D eigenvalue weighted by atomic mass is 35.5. The quantitative estimate of drug-likeness (QED) is 0.702. The number of nitrogens with zero attached hydrogens (tertiary/aromatic N) is 1. The van der Waals surface area contributed by atoms with E-state index in [4.69, 9.17) is 5.73 Å². The van der Waals surface area contributed by atoms with Gasteiger partial charge < -0.3 is 16.0 Å². The Morgan fingerprint density at radius 3 is 2.07 bits per heavy atom. The maximum Gasteiger partial charge on any atom is 0.230 e. The molecule has 2 atom stereocenters. The van der Waals surface area contributed by atoms with Gasteiger partial charge in [0.25, 0.3) is 0 Å². The third kappa shape index (κ3) is 6.31. The van der Waals surface area contributed by atoms with Crippen LogP contribution in [0.2, 0.25) is 0 Å². The van der Waals surface area contributed by atoms with Gasteiger partial charge in [0.05, 0.1) is 5.92 Å². The molecule has 1 aliphatic heterocycles. The second-order valence-corrected chi connectivity index (χ2v) is 7.76. The van der Waals surface area contributed by atoms with Crippen molar-refractivity contribution < 1.29 is 9.59 Å². The third-order valence-corrected chi connectivity index (χ3v) is 5.71. The number of carbonyl (C=O) groups excluding carboxylic acids is 2. The van der Waals surface area contributed by atoms with Gasteiger partial charge in [-0.15, -0.1) is 12.4 Å². The van der Waals surface area contributed by atoms with Gasteiger partial charge in [-0.3, -0.25) is 9.59 Å². The number of benzene rings is 2. The lowest BCUT2D eigenvalue weighted by molar-refractivity contribution is -0.134. The third-order valence-electron chi connectivity index (χ3n) is 5.71. The van der Waals surface area contributed by atoms with Crippen molar-refractivity contribution >= 4 is 24.2 Å². The Morgan fingerprint density at radius 2 is 1.53 bits per heavy atom. The average molecular weight is 430 g/mol. The summed E-state index contributed by atoms with van der Waals surface area (Å²) < 4.78 is 0. The molecule has 1 fully saturated rings. The zero-order valence-electron chi connectivity index (χ0n) is 17.5. The van der Waals surface area contributed by atoms with Crippen LogP contribution >= 0.6 is 12.4 Å². The van der Waals surface area contributed by atoms with Crippen molar-refractivity contribution in [3.63, 3.8) is 0 Å². The summed E-state index contributed by atoms with van der Waals surface area (Å²) in [4.78, 5) is 27.3. The first-order chi connectivity index (χ1) is 14.1. The van der Waals surface area contributed by atoms with Crippen LogP contribution in [-0.4, -0.2) is 35.8 Å². The number of hydrogen-bond acceptors (Lipinski definition) is 3. The van der Waals surface area contributed by atoms with E-state index in [0.29, 0.717) is 13.1 Å². The molecule has 162 valence electrons.